The number of benzene rings is 1. The van der Waals surface area contributed by atoms with Gasteiger partial charge in [0.2, 0.25) is 0 Å². The first kappa shape index (κ1) is 9.07. The first-order chi connectivity index (χ1) is 5.47. The quantitative estimate of drug-likeness (QED) is 0.658. The van der Waals surface area contributed by atoms with Gasteiger partial charge in [0.15, 0.2) is 0 Å². The van der Waals surface area contributed by atoms with E-state index in [1.807, 2.05) is 31.2 Å². The predicted molar refractivity (Wildman–Crippen MR) is 51.1 cm³/mol. The number of aliphatic hydroxyl groups is 1. The lowest BCUT2D eigenvalue weighted by Gasteiger charge is -2.20. The van der Waals surface area contributed by atoms with Crippen molar-refractivity contribution in [2.24, 2.45) is 0 Å². The van der Waals surface area contributed by atoms with Crippen LogP contribution in [0.15, 0.2) is 24.3 Å². The van der Waals surface area contributed by atoms with Gasteiger partial charge in [0.1, 0.15) is 5.72 Å². The van der Waals surface area contributed by atoms with Crippen LogP contribution in [-0.2, 0) is 0 Å². The second-order valence-corrected chi connectivity index (χ2v) is 3.55. The Morgan fingerprint density at radius 2 is 2.00 bits per heavy atom. The Bertz CT molecular complexity index is 263. The lowest BCUT2D eigenvalue weighted by atomic mass is 10.2. The van der Waals surface area contributed by atoms with E-state index in [-0.39, 0.29) is 0 Å². The minimum Gasteiger partial charge on any atom is -0.372 e. The molecule has 2 heteroatoms. The molecule has 66 valence electrons. The Morgan fingerprint density at radius 3 is 2.50 bits per heavy atom. The van der Waals surface area contributed by atoms with E-state index in [0.29, 0.717) is 0 Å². The molecule has 0 saturated carbocycles. The molecular weight excluding hydrogens is 150 g/mol. The van der Waals surface area contributed by atoms with Crippen LogP contribution in [0.2, 0.25) is 0 Å². The SMILES string of the molecule is Cc1cccc(NC(C)(C)O)c1. The molecule has 0 amide bonds. The molecule has 0 aromatic heterocycles. The highest BCUT2D eigenvalue weighted by Gasteiger charge is 2.10. The number of hydrogen-bond donors (Lipinski definition) is 2. The molecule has 0 atom stereocenters. The van der Waals surface area contributed by atoms with E-state index in [9.17, 15) is 5.11 Å². The van der Waals surface area contributed by atoms with E-state index in [1.165, 1.54) is 5.56 Å². The molecule has 1 aromatic carbocycles. The lowest BCUT2D eigenvalue weighted by Crippen LogP contribution is -2.29. The van der Waals surface area contributed by atoms with Crippen LogP contribution in [0.3, 0.4) is 0 Å². The van der Waals surface area contributed by atoms with Crippen molar-refractivity contribution in [2.45, 2.75) is 26.5 Å². The van der Waals surface area contributed by atoms with Crippen LogP contribution in [0.1, 0.15) is 19.4 Å². The zero-order valence-corrected chi connectivity index (χ0v) is 7.76. The Morgan fingerprint density at radius 1 is 1.33 bits per heavy atom. The molecule has 2 nitrogen and oxygen atoms in total. The third kappa shape index (κ3) is 2.93. The molecule has 0 saturated heterocycles. The molecule has 0 bridgehead atoms. The van der Waals surface area contributed by atoms with Crippen LogP contribution < -0.4 is 5.32 Å². The Kier molecular flexibility index (Phi) is 2.38. The molecular formula is C10H15NO. The molecule has 0 fully saturated rings. The van der Waals surface area contributed by atoms with Crippen molar-refractivity contribution in [1.82, 2.24) is 0 Å². The predicted octanol–water partition coefficient (Wildman–Crippen LogP) is 2.14. The molecule has 0 aliphatic heterocycles. The van der Waals surface area contributed by atoms with Crippen molar-refractivity contribution >= 4 is 5.69 Å². The summed E-state index contributed by atoms with van der Waals surface area (Å²) in [6, 6.07) is 7.92. The zero-order valence-electron chi connectivity index (χ0n) is 7.76. The van der Waals surface area contributed by atoms with Crippen LogP contribution >= 0.6 is 0 Å². The van der Waals surface area contributed by atoms with Gasteiger partial charge in [-0.05, 0) is 38.5 Å². The lowest BCUT2D eigenvalue weighted by molar-refractivity contribution is 0.111. The monoisotopic (exact) mass is 165 g/mol. The molecule has 12 heavy (non-hydrogen) atoms. The fourth-order valence-corrected chi connectivity index (χ4v) is 1.08. The van der Waals surface area contributed by atoms with Gasteiger partial charge in [0.25, 0.3) is 0 Å². The topological polar surface area (TPSA) is 32.3 Å². The number of hydrogen-bond acceptors (Lipinski definition) is 2. The van der Waals surface area contributed by atoms with Gasteiger partial charge < -0.3 is 10.4 Å². The van der Waals surface area contributed by atoms with E-state index < -0.39 is 5.72 Å². The Hall–Kier alpha value is -1.02. The van der Waals surface area contributed by atoms with Crippen LogP contribution in [0.5, 0.6) is 0 Å². The number of anilines is 1. The zero-order chi connectivity index (χ0) is 9.19. The van der Waals surface area contributed by atoms with Crippen molar-refractivity contribution in [1.29, 1.82) is 0 Å². The summed E-state index contributed by atoms with van der Waals surface area (Å²) in [5.74, 6) is 0. The summed E-state index contributed by atoms with van der Waals surface area (Å²) in [5.41, 5.74) is 1.28. The smallest absolute Gasteiger partial charge is 0.129 e. The summed E-state index contributed by atoms with van der Waals surface area (Å²) in [5, 5.41) is 12.4. The molecule has 1 aromatic rings. The standard InChI is InChI=1S/C10H15NO/c1-8-5-4-6-9(7-8)11-10(2,3)12/h4-7,11-12H,1-3H3. The summed E-state index contributed by atoms with van der Waals surface area (Å²) >= 11 is 0. The number of aryl methyl sites for hydroxylation is 1. The highest BCUT2D eigenvalue weighted by molar-refractivity contribution is 5.46. The summed E-state index contributed by atoms with van der Waals surface area (Å²) in [7, 11) is 0. The highest BCUT2D eigenvalue weighted by atomic mass is 16.3. The third-order valence-corrected chi connectivity index (χ3v) is 1.47. The molecule has 0 aliphatic rings. The maximum Gasteiger partial charge on any atom is 0.129 e. The minimum absolute atomic E-state index is 0.853. The van der Waals surface area contributed by atoms with Crippen LogP contribution in [-0.4, -0.2) is 10.8 Å². The molecule has 0 aliphatic carbocycles. The normalized spacial score (nSPS) is 11.3. The summed E-state index contributed by atoms with van der Waals surface area (Å²) in [6.07, 6.45) is 0. The number of rotatable bonds is 2. The van der Waals surface area contributed by atoms with Gasteiger partial charge in [0.05, 0.1) is 0 Å². The summed E-state index contributed by atoms with van der Waals surface area (Å²) in [6.45, 7) is 5.46. The molecule has 2 N–H and O–H groups in total. The van der Waals surface area contributed by atoms with Gasteiger partial charge in [-0.1, -0.05) is 12.1 Å². The molecule has 0 spiro atoms. The molecule has 1 rings (SSSR count). The molecule has 0 radical (unpaired) electrons. The van der Waals surface area contributed by atoms with Crippen molar-refractivity contribution < 1.29 is 5.11 Å². The first-order valence-electron chi connectivity index (χ1n) is 4.04. The van der Waals surface area contributed by atoms with E-state index in [4.69, 9.17) is 0 Å². The molecule has 0 unspecified atom stereocenters. The largest absolute Gasteiger partial charge is 0.372 e. The number of nitrogens with one attached hydrogen (secondary N) is 1. The van der Waals surface area contributed by atoms with Gasteiger partial charge in [-0.15, -0.1) is 0 Å². The average molecular weight is 165 g/mol. The average Bonchev–Trinajstić information content (AvgIpc) is 1.82. The van der Waals surface area contributed by atoms with Gasteiger partial charge >= 0.3 is 0 Å². The molecule has 0 heterocycles. The van der Waals surface area contributed by atoms with Crippen molar-refractivity contribution in [3.8, 4) is 0 Å². The second kappa shape index (κ2) is 3.15. The van der Waals surface area contributed by atoms with Crippen LogP contribution in [0.4, 0.5) is 5.69 Å². The fourth-order valence-electron chi connectivity index (χ4n) is 1.08. The van der Waals surface area contributed by atoms with E-state index >= 15 is 0 Å². The maximum absolute atomic E-state index is 9.45. The van der Waals surface area contributed by atoms with Gasteiger partial charge in [0, 0.05) is 5.69 Å². The van der Waals surface area contributed by atoms with E-state index in [2.05, 4.69) is 5.32 Å². The van der Waals surface area contributed by atoms with Crippen molar-refractivity contribution in [3.63, 3.8) is 0 Å². The Balaban J connectivity index is 2.77. The summed E-state index contributed by atoms with van der Waals surface area (Å²) in [4.78, 5) is 0. The van der Waals surface area contributed by atoms with E-state index in [1.54, 1.807) is 13.8 Å². The maximum atomic E-state index is 9.45. The van der Waals surface area contributed by atoms with Crippen molar-refractivity contribution in [2.75, 3.05) is 5.32 Å². The fraction of sp³-hybridized carbons (Fsp3) is 0.400. The van der Waals surface area contributed by atoms with Gasteiger partial charge in [-0.2, -0.15) is 0 Å². The Labute approximate surface area is 73.2 Å². The highest BCUT2D eigenvalue weighted by Crippen LogP contribution is 2.13. The van der Waals surface area contributed by atoms with Crippen molar-refractivity contribution in [3.05, 3.63) is 29.8 Å². The van der Waals surface area contributed by atoms with Crippen LogP contribution in [0, 0.1) is 6.92 Å². The van der Waals surface area contributed by atoms with Gasteiger partial charge in [-0.3, -0.25) is 0 Å². The van der Waals surface area contributed by atoms with Gasteiger partial charge in [-0.25, -0.2) is 0 Å². The minimum atomic E-state index is -0.853. The van der Waals surface area contributed by atoms with Crippen LogP contribution in [0.25, 0.3) is 0 Å². The van der Waals surface area contributed by atoms with E-state index in [0.717, 1.165) is 5.69 Å². The first-order valence-corrected chi connectivity index (χ1v) is 4.04. The second-order valence-electron chi connectivity index (χ2n) is 3.55. The summed E-state index contributed by atoms with van der Waals surface area (Å²) < 4.78 is 0. The third-order valence-electron chi connectivity index (χ3n) is 1.47.